The highest BCUT2D eigenvalue weighted by atomic mass is 16.2. The molecule has 4 heteroatoms. The number of nitrogens with zero attached hydrogens (tertiary/aromatic N) is 1. The molecule has 0 unspecified atom stereocenters. The summed E-state index contributed by atoms with van der Waals surface area (Å²) in [5.41, 5.74) is 4.03. The number of benzene rings is 1. The third-order valence-corrected chi connectivity index (χ3v) is 4.72. The monoisotopic (exact) mass is 315 g/mol. The van der Waals surface area contributed by atoms with Crippen LogP contribution in [0.15, 0.2) is 12.1 Å². The third kappa shape index (κ3) is 3.69. The summed E-state index contributed by atoms with van der Waals surface area (Å²) >= 11 is 0. The zero-order valence-corrected chi connectivity index (χ0v) is 14.6. The fraction of sp³-hybridized carbons (Fsp3) is 0.526. The maximum Gasteiger partial charge on any atom is 0.219 e. The van der Waals surface area contributed by atoms with Gasteiger partial charge in [-0.1, -0.05) is 17.7 Å². The highest BCUT2D eigenvalue weighted by molar-refractivity contribution is 6.10. The molecule has 2 rings (SSSR count). The molecule has 0 aromatic heterocycles. The SMILES string of the molecule is CC(=O)N(C)CC1CC(=O)C(c2c(C)cc(C)cc2C)C(=O)C1. The molecule has 0 N–H and O–H groups in total. The van der Waals surface area contributed by atoms with Crippen LogP contribution in [0.1, 0.15) is 47.9 Å². The Bertz CT molecular complexity index is 622. The van der Waals surface area contributed by atoms with Crippen molar-refractivity contribution < 1.29 is 14.4 Å². The van der Waals surface area contributed by atoms with Crippen LogP contribution >= 0.6 is 0 Å². The van der Waals surface area contributed by atoms with Crippen molar-refractivity contribution in [3.63, 3.8) is 0 Å². The lowest BCUT2D eigenvalue weighted by molar-refractivity contribution is -0.136. The second kappa shape index (κ2) is 6.65. The normalized spacial score (nSPS) is 21.4. The Morgan fingerprint density at radius 3 is 2.00 bits per heavy atom. The van der Waals surface area contributed by atoms with E-state index in [0.717, 1.165) is 22.3 Å². The number of carbonyl (C=O) groups excluding carboxylic acids is 3. The molecule has 1 saturated carbocycles. The first-order chi connectivity index (χ1) is 10.7. The summed E-state index contributed by atoms with van der Waals surface area (Å²) in [5.74, 6) is -0.769. The Labute approximate surface area is 137 Å². The maximum atomic E-state index is 12.6. The minimum absolute atomic E-state index is 0.0155. The molecule has 23 heavy (non-hydrogen) atoms. The Balaban J connectivity index is 2.24. The van der Waals surface area contributed by atoms with Gasteiger partial charge in [0.15, 0.2) is 0 Å². The number of Topliss-reactive ketones (excluding diaryl/α,β-unsaturated/α-hetero) is 2. The van der Waals surface area contributed by atoms with E-state index in [2.05, 4.69) is 0 Å². The van der Waals surface area contributed by atoms with Crippen molar-refractivity contribution in [1.29, 1.82) is 0 Å². The van der Waals surface area contributed by atoms with Gasteiger partial charge in [-0.2, -0.15) is 0 Å². The predicted molar refractivity (Wildman–Crippen MR) is 89.4 cm³/mol. The van der Waals surface area contributed by atoms with E-state index in [1.54, 1.807) is 11.9 Å². The van der Waals surface area contributed by atoms with Gasteiger partial charge >= 0.3 is 0 Å². The van der Waals surface area contributed by atoms with E-state index >= 15 is 0 Å². The Morgan fingerprint density at radius 2 is 1.57 bits per heavy atom. The molecule has 0 aliphatic heterocycles. The molecule has 1 fully saturated rings. The number of amides is 1. The van der Waals surface area contributed by atoms with Gasteiger partial charge in [0.2, 0.25) is 5.91 Å². The van der Waals surface area contributed by atoms with Gasteiger partial charge in [-0.05, 0) is 43.4 Å². The summed E-state index contributed by atoms with van der Waals surface area (Å²) in [6.07, 6.45) is 0.724. The molecular weight excluding hydrogens is 290 g/mol. The van der Waals surface area contributed by atoms with Crippen LogP contribution in [0.3, 0.4) is 0 Å². The van der Waals surface area contributed by atoms with Crippen molar-refractivity contribution in [2.45, 2.75) is 46.5 Å². The summed E-state index contributed by atoms with van der Waals surface area (Å²) in [7, 11) is 1.71. The van der Waals surface area contributed by atoms with Crippen LogP contribution in [-0.4, -0.2) is 36.0 Å². The minimum atomic E-state index is -0.630. The summed E-state index contributed by atoms with van der Waals surface area (Å²) < 4.78 is 0. The van der Waals surface area contributed by atoms with Crippen molar-refractivity contribution in [2.24, 2.45) is 5.92 Å². The van der Waals surface area contributed by atoms with Crippen LogP contribution in [0.25, 0.3) is 0 Å². The molecule has 1 aromatic carbocycles. The van der Waals surface area contributed by atoms with E-state index in [1.807, 2.05) is 32.9 Å². The Hall–Kier alpha value is -1.97. The molecule has 0 radical (unpaired) electrons. The molecule has 0 bridgehead atoms. The molecule has 0 atom stereocenters. The second-order valence-electron chi connectivity index (χ2n) is 6.85. The standard InChI is InChI=1S/C19H25NO3/c1-11-6-12(2)18(13(3)7-11)19-16(22)8-15(9-17(19)23)10-20(5)14(4)21/h6-7,15,19H,8-10H2,1-5H3. The zero-order chi connectivity index (χ0) is 17.3. The van der Waals surface area contributed by atoms with E-state index in [0.29, 0.717) is 19.4 Å². The largest absolute Gasteiger partial charge is 0.346 e. The van der Waals surface area contributed by atoms with Crippen molar-refractivity contribution in [2.75, 3.05) is 13.6 Å². The van der Waals surface area contributed by atoms with Crippen molar-refractivity contribution in [1.82, 2.24) is 4.90 Å². The first kappa shape index (κ1) is 17.4. The summed E-state index contributed by atoms with van der Waals surface area (Å²) in [4.78, 5) is 38.2. The first-order valence-electron chi connectivity index (χ1n) is 8.05. The average Bonchev–Trinajstić information content (AvgIpc) is 2.40. The molecular formula is C19H25NO3. The van der Waals surface area contributed by atoms with Crippen LogP contribution < -0.4 is 0 Å². The van der Waals surface area contributed by atoms with E-state index in [-0.39, 0.29) is 23.4 Å². The maximum absolute atomic E-state index is 12.6. The van der Waals surface area contributed by atoms with Crippen molar-refractivity contribution >= 4 is 17.5 Å². The lowest BCUT2D eigenvalue weighted by Gasteiger charge is -2.30. The lowest BCUT2D eigenvalue weighted by Crippen LogP contribution is -2.38. The topological polar surface area (TPSA) is 54.5 Å². The van der Waals surface area contributed by atoms with E-state index in [1.165, 1.54) is 6.92 Å². The van der Waals surface area contributed by atoms with Crippen LogP contribution in [0.5, 0.6) is 0 Å². The summed E-state index contributed by atoms with van der Waals surface area (Å²) in [5, 5.41) is 0. The molecule has 1 amide bonds. The molecule has 1 aliphatic rings. The smallest absolute Gasteiger partial charge is 0.219 e. The fourth-order valence-corrected chi connectivity index (χ4v) is 3.67. The lowest BCUT2D eigenvalue weighted by atomic mass is 9.74. The molecule has 1 aromatic rings. The summed E-state index contributed by atoms with van der Waals surface area (Å²) in [6, 6.07) is 4.05. The van der Waals surface area contributed by atoms with E-state index < -0.39 is 5.92 Å². The fourth-order valence-electron chi connectivity index (χ4n) is 3.67. The number of ketones is 2. The van der Waals surface area contributed by atoms with Gasteiger partial charge < -0.3 is 4.90 Å². The van der Waals surface area contributed by atoms with Crippen molar-refractivity contribution in [3.8, 4) is 0 Å². The van der Waals surface area contributed by atoms with Crippen LogP contribution in [0.4, 0.5) is 0 Å². The first-order valence-corrected chi connectivity index (χ1v) is 8.05. The Kier molecular flexibility index (Phi) is 5.03. The van der Waals surface area contributed by atoms with Gasteiger partial charge in [-0.15, -0.1) is 0 Å². The van der Waals surface area contributed by atoms with E-state index in [4.69, 9.17) is 0 Å². The highest BCUT2D eigenvalue weighted by Crippen LogP contribution is 2.34. The second-order valence-corrected chi connectivity index (χ2v) is 6.85. The highest BCUT2D eigenvalue weighted by Gasteiger charge is 2.38. The van der Waals surface area contributed by atoms with Gasteiger partial charge in [-0.3, -0.25) is 14.4 Å². The average molecular weight is 315 g/mol. The number of rotatable bonds is 3. The van der Waals surface area contributed by atoms with Gasteiger partial charge in [0.1, 0.15) is 17.5 Å². The minimum Gasteiger partial charge on any atom is -0.346 e. The van der Waals surface area contributed by atoms with Gasteiger partial charge in [0, 0.05) is 33.4 Å². The molecule has 0 spiro atoms. The third-order valence-electron chi connectivity index (χ3n) is 4.72. The van der Waals surface area contributed by atoms with Gasteiger partial charge in [0.05, 0.1) is 0 Å². The predicted octanol–water partition coefficient (Wildman–Crippen LogP) is 2.72. The molecule has 1 aliphatic carbocycles. The summed E-state index contributed by atoms with van der Waals surface area (Å²) in [6.45, 7) is 7.90. The zero-order valence-electron chi connectivity index (χ0n) is 14.6. The van der Waals surface area contributed by atoms with Crippen LogP contribution in [0.2, 0.25) is 0 Å². The van der Waals surface area contributed by atoms with Crippen LogP contribution in [0, 0.1) is 26.7 Å². The Morgan fingerprint density at radius 1 is 1.09 bits per heavy atom. The van der Waals surface area contributed by atoms with E-state index in [9.17, 15) is 14.4 Å². The van der Waals surface area contributed by atoms with Crippen molar-refractivity contribution in [3.05, 3.63) is 34.4 Å². The molecule has 4 nitrogen and oxygen atoms in total. The number of hydrogen-bond donors (Lipinski definition) is 0. The number of hydrogen-bond acceptors (Lipinski definition) is 3. The molecule has 0 saturated heterocycles. The van der Waals surface area contributed by atoms with Crippen LogP contribution in [-0.2, 0) is 14.4 Å². The van der Waals surface area contributed by atoms with Gasteiger partial charge in [-0.25, -0.2) is 0 Å². The number of carbonyl (C=O) groups is 3. The molecule has 124 valence electrons. The number of aryl methyl sites for hydroxylation is 3. The van der Waals surface area contributed by atoms with Gasteiger partial charge in [0.25, 0.3) is 0 Å². The molecule has 0 heterocycles. The quantitative estimate of drug-likeness (QED) is 0.806.